The number of hydrogen-bond donors (Lipinski definition) is 0. The summed E-state index contributed by atoms with van der Waals surface area (Å²) in [6, 6.07) is 8.23. The van der Waals surface area contributed by atoms with E-state index in [1.54, 1.807) is 0 Å². The zero-order valence-corrected chi connectivity index (χ0v) is 10.6. The Morgan fingerprint density at radius 2 is 1.94 bits per heavy atom. The minimum atomic E-state index is 0.374. The minimum Gasteiger partial charge on any atom is -0.299 e. The van der Waals surface area contributed by atoms with Crippen LogP contribution < -0.4 is 0 Å². The van der Waals surface area contributed by atoms with E-state index in [1.165, 1.54) is 5.56 Å². The lowest BCUT2D eigenvalue weighted by molar-refractivity contribution is -0.119. The zero-order valence-electron chi connectivity index (χ0n) is 10.6. The molecule has 1 aromatic carbocycles. The van der Waals surface area contributed by atoms with Crippen molar-refractivity contribution < 1.29 is 4.79 Å². The van der Waals surface area contributed by atoms with Gasteiger partial charge in [-0.05, 0) is 18.4 Å². The molecule has 1 rings (SSSR count). The van der Waals surface area contributed by atoms with Crippen LogP contribution in [0.3, 0.4) is 0 Å². The Labute approximate surface area is 98.9 Å². The van der Waals surface area contributed by atoms with Gasteiger partial charge in [0.25, 0.3) is 0 Å². The third-order valence-corrected chi connectivity index (χ3v) is 3.15. The minimum absolute atomic E-state index is 0.374. The van der Waals surface area contributed by atoms with E-state index in [0.29, 0.717) is 18.1 Å². The number of benzene rings is 1. The summed E-state index contributed by atoms with van der Waals surface area (Å²) >= 11 is 0. The summed E-state index contributed by atoms with van der Waals surface area (Å²) in [7, 11) is 0. The average Bonchev–Trinajstić information content (AvgIpc) is 2.26. The Hall–Kier alpha value is -1.11. The van der Waals surface area contributed by atoms with Crippen LogP contribution in [-0.2, 0) is 11.2 Å². The van der Waals surface area contributed by atoms with Crippen molar-refractivity contribution in [1.29, 1.82) is 0 Å². The highest BCUT2D eigenvalue weighted by Gasteiger charge is 2.10. The average molecular weight is 218 g/mol. The molecule has 16 heavy (non-hydrogen) atoms. The topological polar surface area (TPSA) is 17.1 Å². The van der Waals surface area contributed by atoms with Crippen LogP contribution >= 0.6 is 0 Å². The first kappa shape index (κ1) is 13.0. The van der Waals surface area contributed by atoms with Crippen LogP contribution in [0.1, 0.15) is 44.2 Å². The maximum atomic E-state index is 11.9. The molecule has 0 amide bonds. The van der Waals surface area contributed by atoms with Gasteiger partial charge in [0.05, 0.1) is 0 Å². The highest BCUT2D eigenvalue weighted by Crippen LogP contribution is 2.15. The maximum absolute atomic E-state index is 11.9. The molecule has 0 heterocycles. The summed E-state index contributed by atoms with van der Waals surface area (Å²) in [6.07, 6.45) is 3.55. The molecular weight excluding hydrogens is 196 g/mol. The molecule has 1 aromatic rings. The predicted octanol–water partition coefficient (Wildman–Crippen LogP) is 3.93. The smallest absolute Gasteiger partial charge is 0.137 e. The molecular formula is C15H22O. The molecule has 0 aliphatic carbocycles. The van der Waals surface area contributed by atoms with Crippen molar-refractivity contribution in [2.75, 3.05) is 0 Å². The molecule has 0 aromatic heterocycles. The number of ketones is 1. The predicted molar refractivity (Wildman–Crippen MR) is 68.6 cm³/mol. The van der Waals surface area contributed by atoms with E-state index in [4.69, 9.17) is 0 Å². The number of carbonyl (C=O) groups excluding carboxylic acids is 1. The largest absolute Gasteiger partial charge is 0.299 e. The summed E-state index contributed by atoms with van der Waals surface area (Å²) in [4.78, 5) is 11.9. The fraction of sp³-hybridized carbons (Fsp3) is 0.533. The van der Waals surface area contributed by atoms with E-state index < -0.39 is 0 Å². The fourth-order valence-electron chi connectivity index (χ4n) is 2.02. The van der Waals surface area contributed by atoms with Crippen molar-refractivity contribution in [3.05, 3.63) is 35.4 Å². The Morgan fingerprint density at radius 3 is 2.50 bits per heavy atom. The fourth-order valence-corrected chi connectivity index (χ4v) is 2.02. The van der Waals surface area contributed by atoms with Gasteiger partial charge < -0.3 is 0 Å². The second kappa shape index (κ2) is 6.47. The number of carbonyl (C=O) groups is 1. The Balaban J connectivity index is 2.51. The van der Waals surface area contributed by atoms with Crippen LogP contribution in [0.4, 0.5) is 0 Å². The molecule has 0 radical (unpaired) electrons. The molecule has 88 valence electrons. The first-order valence-corrected chi connectivity index (χ1v) is 6.23. The SMILES string of the molecule is CCC(CC)CC(=O)Cc1cccc(C)c1. The van der Waals surface area contributed by atoms with Crippen molar-refractivity contribution in [2.45, 2.75) is 46.5 Å². The third kappa shape index (κ3) is 4.18. The number of aryl methyl sites for hydroxylation is 1. The van der Waals surface area contributed by atoms with Crippen LogP contribution in [0, 0.1) is 12.8 Å². The molecule has 0 fully saturated rings. The van der Waals surface area contributed by atoms with Gasteiger partial charge in [-0.1, -0.05) is 56.5 Å². The first-order valence-electron chi connectivity index (χ1n) is 6.23. The molecule has 1 nitrogen and oxygen atoms in total. The Morgan fingerprint density at radius 1 is 1.25 bits per heavy atom. The van der Waals surface area contributed by atoms with Crippen molar-refractivity contribution in [2.24, 2.45) is 5.92 Å². The molecule has 1 heteroatoms. The van der Waals surface area contributed by atoms with Crippen LogP contribution in [0.5, 0.6) is 0 Å². The van der Waals surface area contributed by atoms with Gasteiger partial charge in [0.1, 0.15) is 5.78 Å². The summed E-state index contributed by atoms with van der Waals surface area (Å²) < 4.78 is 0. The van der Waals surface area contributed by atoms with Crippen LogP contribution in [0.25, 0.3) is 0 Å². The van der Waals surface area contributed by atoms with Gasteiger partial charge in [-0.15, -0.1) is 0 Å². The molecule has 0 spiro atoms. The third-order valence-electron chi connectivity index (χ3n) is 3.15. The Kier molecular flexibility index (Phi) is 5.24. The summed E-state index contributed by atoms with van der Waals surface area (Å²) in [5.41, 5.74) is 2.38. The van der Waals surface area contributed by atoms with Gasteiger partial charge in [0.2, 0.25) is 0 Å². The van der Waals surface area contributed by atoms with E-state index in [0.717, 1.165) is 24.8 Å². The van der Waals surface area contributed by atoms with Gasteiger partial charge in [-0.25, -0.2) is 0 Å². The molecule has 0 aliphatic heterocycles. The van der Waals surface area contributed by atoms with Gasteiger partial charge >= 0.3 is 0 Å². The zero-order chi connectivity index (χ0) is 12.0. The van der Waals surface area contributed by atoms with E-state index in [1.807, 2.05) is 12.1 Å². The summed E-state index contributed by atoms with van der Waals surface area (Å²) in [5, 5.41) is 0. The number of Topliss-reactive ketones (excluding diaryl/α,β-unsaturated/α-hetero) is 1. The highest BCUT2D eigenvalue weighted by atomic mass is 16.1. The molecule has 0 saturated carbocycles. The number of rotatable bonds is 6. The lowest BCUT2D eigenvalue weighted by atomic mass is 9.94. The van der Waals surface area contributed by atoms with Crippen molar-refractivity contribution in [3.8, 4) is 0 Å². The Bertz CT molecular complexity index is 337. The normalized spacial score (nSPS) is 10.8. The second-order valence-electron chi connectivity index (χ2n) is 4.59. The van der Waals surface area contributed by atoms with Crippen LogP contribution in [0.15, 0.2) is 24.3 Å². The monoisotopic (exact) mass is 218 g/mol. The van der Waals surface area contributed by atoms with E-state index in [9.17, 15) is 4.79 Å². The van der Waals surface area contributed by atoms with Crippen molar-refractivity contribution in [3.63, 3.8) is 0 Å². The summed E-state index contributed by atoms with van der Waals surface area (Å²) in [5.74, 6) is 0.941. The first-order chi connectivity index (χ1) is 7.65. The lowest BCUT2D eigenvalue weighted by Gasteiger charge is -2.10. The molecule has 0 atom stereocenters. The van der Waals surface area contributed by atoms with Crippen LogP contribution in [-0.4, -0.2) is 5.78 Å². The van der Waals surface area contributed by atoms with E-state index >= 15 is 0 Å². The second-order valence-corrected chi connectivity index (χ2v) is 4.59. The van der Waals surface area contributed by atoms with Crippen LogP contribution in [0.2, 0.25) is 0 Å². The van der Waals surface area contributed by atoms with Crippen molar-refractivity contribution in [1.82, 2.24) is 0 Å². The highest BCUT2D eigenvalue weighted by molar-refractivity contribution is 5.81. The van der Waals surface area contributed by atoms with Gasteiger partial charge in [-0.3, -0.25) is 4.79 Å². The van der Waals surface area contributed by atoms with E-state index in [2.05, 4.69) is 32.9 Å². The molecule has 0 unspecified atom stereocenters. The van der Waals surface area contributed by atoms with Gasteiger partial charge in [-0.2, -0.15) is 0 Å². The molecule has 0 aliphatic rings. The standard InChI is InChI=1S/C15H22O/c1-4-13(5-2)10-15(16)11-14-8-6-7-12(3)9-14/h6-9,13H,4-5,10-11H2,1-3H3. The molecule has 0 bridgehead atoms. The quantitative estimate of drug-likeness (QED) is 0.707. The summed E-state index contributed by atoms with van der Waals surface area (Å²) in [6.45, 7) is 6.39. The van der Waals surface area contributed by atoms with Gasteiger partial charge in [0, 0.05) is 12.8 Å². The van der Waals surface area contributed by atoms with Crippen molar-refractivity contribution >= 4 is 5.78 Å². The van der Waals surface area contributed by atoms with E-state index in [-0.39, 0.29) is 0 Å². The maximum Gasteiger partial charge on any atom is 0.137 e. The number of hydrogen-bond acceptors (Lipinski definition) is 1. The molecule has 0 saturated heterocycles. The lowest BCUT2D eigenvalue weighted by Crippen LogP contribution is -2.09. The van der Waals surface area contributed by atoms with Gasteiger partial charge in [0.15, 0.2) is 0 Å². The molecule has 0 N–H and O–H groups in total.